The summed E-state index contributed by atoms with van der Waals surface area (Å²) in [5, 5.41) is 20.2. The van der Waals surface area contributed by atoms with E-state index in [2.05, 4.69) is 4.89 Å². The van der Waals surface area contributed by atoms with E-state index in [-0.39, 0.29) is 122 Å². The Labute approximate surface area is 503 Å². The molecule has 0 fully saturated rings. The van der Waals surface area contributed by atoms with Crippen molar-refractivity contribution in [2.45, 2.75) is 0 Å². The fraction of sp³-hybridized carbons (Fsp3) is 0. The number of hydrogen-bond acceptors (Lipinski definition) is 11. The number of aromatic hydroxyl groups is 1. The zero-order valence-electron chi connectivity index (χ0n) is 40.2. The predicted octanol–water partition coefficient (Wildman–Crippen LogP) is 3.21. The molecule has 9 rings (SSSR count). The first kappa shape index (κ1) is 59.4. The van der Waals surface area contributed by atoms with Gasteiger partial charge in [0.1, 0.15) is 40.4 Å². The van der Waals surface area contributed by atoms with Crippen LogP contribution >= 0.6 is 14.3 Å². The van der Waals surface area contributed by atoms with E-state index in [1.54, 1.807) is 115 Å². The van der Waals surface area contributed by atoms with Crippen molar-refractivity contribution < 1.29 is 152 Å². The standard InChI is InChI=1S/C30H25N2O3P.C18H13F2OP.C6H7NO.CH2O3.2K.H/c31-22-9-7-11-24(19-22)34-26-17-18-30(29(21-26)35-25-12-8-10-23(32)20-25)36(33,27-13-3-1-4-14-27)28-15-5-2-6-16-28;19-14-11-12-18(17(20)13-14)22(21,15-7-3-1-4-8-15)16-9-5-2-6-10-16;7-5-2-1-3-6(8)4-5;2-1-4-3;;;/h1-21H,31-32H2;1-13H;1-4,8H,7H2;1,3H;;;/q;;;;2*+1;-1/p-1. The third-order valence-corrected chi connectivity index (χ3v) is 16.3. The molecule has 0 spiro atoms. The maximum absolute atomic E-state index is 15.0. The van der Waals surface area contributed by atoms with Crippen LogP contribution in [-0.4, -0.2) is 11.6 Å². The van der Waals surface area contributed by atoms with Crippen molar-refractivity contribution in [2.75, 3.05) is 17.2 Å². The summed E-state index contributed by atoms with van der Waals surface area (Å²) < 4.78 is 68.7. The Kier molecular flexibility index (Phi) is 24.3. The number of nitrogens with two attached hydrogens (primary N) is 3. The second-order valence-electron chi connectivity index (χ2n) is 14.9. The molecule has 0 unspecified atom stereocenters. The van der Waals surface area contributed by atoms with Crippen molar-refractivity contribution in [1.29, 1.82) is 0 Å². The van der Waals surface area contributed by atoms with Crippen LogP contribution in [0.25, 0.3) is 0 Å². The van der Waals surface area contributed by atoms with E-state index in [1.165, 1.54) is 12.1 Å². The summed E-state index contributed by atoms with van der Waals surface area (Å²) in [7, 11) is -6.68. The van der Waals surface area contributed by atoms with Crippen LogP contribution in [0, 0.1) is 11.6 Å². The molecule has 0 saturated carbocycles. The number of phenolic OH excluding ortho intramolecular Hbond substituents is 1. The van der Waals surface area contributed by atoms with Gasteiger partial charge in [0.05, 0.1) is 10.6 Å². The number of anilines is 3. The van der Waals surface area contributed by atoms with Gasteiger partial charge in [0.2, 0.25) is 0 Å². The van der Waals surface area contributed by atoms with Gasteiger partial charge in [-0.1, -0.05) is 140 Å². The monoisotopic (exact) mass is 1060 g/mol. The number of carbonyl (C=O) groups is 1. The maximum atomic E-state index is 15.0. The summed E-state index contributed by atoms with van der Waals surface area (Å²) in [4.78, 5) is 11.2. The van der Waals surface area contributed by atoms with E-state index in [0.717, 1.165) is 12.1 Å². The summed E-state index contributed by atoms with van der Waals surface area (Å²) >= 11 is 0. The Bertz CT molecular complexity index is 3130. The minimum atomic E-state index is -3.38. The van der Waals surface area contributed by atoms with Crippen molar-refractivity contribution in [1.82, 2.24) is 0 Å². The summed E-state index contributed by atoms with van der Waals surface area (Å²) in [5.74, 6) is 0.793. The Balaban J connectivity index is 0.000000322. The first-order valence-corrected chi connectivity index (χ1v) is 24.6. The Hall–Kier alpha value is -5.20. The van der Waals surface area contributed by atoms with Gasteiger partial charge in [-0.3, -0.25) is 4.79 Å². The molecule has 0 amide bonds. The van der Waals surface area contributed by atoms with Crippen LogP contribution in [0.15, 0.2) is 231 Å². The van der Waals surface area contributed by atoms with Crippen molar-refractivity contribution in [3.8, 4) is 28.7 Å². The number of phenols is 1. The Morgan fingerprint density at radius 1 is 0.458 bits per heavy atom. The number of carbonyl (C=O) groups excluding carboxylic acids is 1. The van der Waals surface area contributed by atoms with Crippen molar-refractivity contribution in [2.24, 2.45) is 0 Å². The zero-order chi connectivity index (χ0) is 49.9. The van der Waals surface area contributed by atoms with Crippen LogP contribution in [0.1, 0.15) is 1.43 Å². The molecule has 356 valence electrons. The summed E-state index contributed by atoms with van der Waals surface area (Å²) in [6.45, 7) is -0.181. The second kappa shape index (κ2) is 29.5. The largest absolute Gasteiger partial charge is 1.00 e. The number of rotatable bonds is 11. The molecule has 0 aliphatic rings. The predicted molar refractivity (Wildman–Crippen MR) is 274 cm³/mol. The van der Waals surface area contributed by atoms with Crippen molar-refractivity contribution in [3.05, 3.63) is 242 Å². The second-order valence-corrected chi connectivity index (χ2v) is 20.4. The van der Waals surface area contributed by atoms with Gasteiger partial charge in [0.15, 0.2) is 14.3 Å². The normalized spacial score (nSPS) is 10.3. The molecule has 11 nitrogen and oxygen atoms in total. The maximum Gasteiger partial charge on any atom is 1.00 e. The molecule has 0 aliphatic heterocycles. The minimum Gasteiger partial charge on any atom is -1.00 e. The molecule has 0 saturated heterocycles. The van der Waals surface area contributed by atoms with E-state index in [0.29, 0.717) is 66.6 Å². The Morgan fingerprint density at radius 3 is 1.21 bits per heavy atom. The number of ether oxygens (including phenoxy) is 2. The Morgan fingerprint density at radius 2 is 0.833 bits per heavy atom. The van der Waals surface area contributed by atoms with E-state index in [4.69, 9.17) is 41.8 Å². The van der Waals surface area contributed by atoms with Crippen LogP contribution < -0.4 is 167 Å². The number of nitrogen functional groups attached to an aromatic ring is 3. The first-order chi connectivity index (χ1) is 33.8. The van der Waals surface area contributed by atoms with Gasteiger partial charge in [-0.15, -0.1) is 0 Å². The van der Waals surface area contributed by atoms with Gasteiger partial charge in [0, 0.05) is 68.6 Å². The number of halogens is 2. The molecule has 0 aliphatic carbocycles. The van der Waals surface area contributed by atoms with Crippen LogP contribution in [0.2, 0.25) is 0 Å². The van der Waals surface area contributed by atoms with Crippen LogP contribution in [0.3, 0.4) is 0 Å². The van der Waals surface area contributed by atoms with E-state index < -0.39 is 25.9 Å². The van der Waals surface area contributed by atoms with E-state index in [1.807, 2.05) is 91.0 Å². The van der Waals surface area contributed by atoms with E-state index >= 15 is 4.57 Å². The molecule has 0 aromatic heterocycles. The van der Waals surface area contributed by atoms with Crippen molar-refractivity contribution >= 4 is 69.6 Å². The molecule has 0 heterocycles. The summed E-state index contributed by atoms with van der Waals surface area (Å²) in [6.07, 6.45) is 0. The molecule has 72 heavy (non-hydrogen) atoms. The first-order valence-electron chi connectivity index (χ1n) is 21.2. The molecule has 17 heteroatoms. The van der Waals surface area contributed by atoms with Crippen molar-refractivity contribution in [3.63, 3.8) is 0 Å². The van der Waals surface area contributed by atoms with Gasteiger partial charge in [-0.2, -0.15) is 0 Å². The third-order valence-electron chi connectivity index (χ3n) is 10.1. The van der Waals surface area contributed by atoms with Crippen LogP contribution in [0.5, 0.6) is 28.7 Å². The molecule has 9 aromatic carbocycles. The van der Waals surface area contributed by atoms with Gasteiger partial charge in [-0.25, -0.2) is 8.78 Å². The average molecular weight is 1060 g/mol. The fourth-order valence-corrected chi connectivity index (χ4v) is 12.4. The summed E-state index contributed by atoms with van der Waals surface area (Å²) in [6, 6.07) is 65.7. The fourth-order valence-electron chi connectivity index (χ4n) is 6.99. The van der Waals surface area contributed by atoms with E-state index in [9.17, 15) is 13.3 Å². The number of benzene rings is 9. The molecular weight excluding hydrogens is 1010 g/mol. The molecule has 9 aromatic rings. The van der Waals surface area contributed by atoms with Gasteiger partial charge in [0.25, 0.3) is 6.47 Å². The third kappa shape index (κ3) is 16.2. The molecule has 0 bridgehead atoms. The molecule has 0 radical (unpaired) electrons. The topological polar surface area (TPSA) is 200 Å². The molecular formula is C55H47F2K2N3O8P2. The van der Waals surface area contributed by atoms with Gasteiger partial charge in [-0.05, 0) is 60.7 Å². The number of hydrogen-bond donors (Lipinski definition) is 4. The molecule has 0 atom stereocenters. The zero-order valence-corrected chi connectivity index (χ0v) is 47.2. The SMILES string of the molecule is Nc1cccc(O)c1.Nc1cccc(Oc2ccc(P(=O)(c3ccccc3)c3ccccc3)c(Oc3cccc(N)c3)c2)c1.O=CO[O-].O=P(c1ccccc1)(c1ccccc1)c1ccc(F)cc1F.[H-].[K+].[K+]. The summed E-state index contributed by atoms with van der Waals surface area (Å²) in [5.41, 5.74) is 19.0. The minimum absolute atomic E-state index is 0. The smallest absolute Gasteiger partial charge is 1.00 e. The average Bonchev–Trinajstić information content (AvgIpc) is 3.37. The quantitative estimate of drug-likeness (QED) is 0.0371. The van der Waals surface area contributed by atoms with Gasteiger partial charge >= 0.3 is 103 Å². The molecule has 7 N–H and O–H groups in total. The van der Waals surface area contributed by atoms with Gasteiger partial charge < -0.3 is 52.5 Å². The van der Waals surface area contributed by atoms with Crippen LogP contribution in [-0.2, 0) is 18.8 Å². The van der Waals surface area contributed by atoms with Crippen LogP contribution in [0.4, 0.5) is 25.8 Å².